The number of rotatable bonds is 8. The summed E-state index contributed by atoms with van der Waals surface area (Å²) in [6.07, 6.45) is 5.92. The van der Waals surface area contributed by atoms with Crippen molar-refractivity contribution in [2.45, 2.75) is 31.5 Å². The largest absolute Gasteiger partial charge is 0.337 e. The second-order valence-electron chi connectivity index (χ2n) is 4.71. The topological polar surface area (TPSA) is 105 Å². The normalized spacial score (nSPS) is 11.9. The van der Waals surface area contributed by atoms with Gasteiger partial charge in [0.2, 0.25) is 0 Å². The molecule has 0 fully saturated rings. The van der Waals surface area contributed by atoms with Gasteiger partial charge in [-0.15, -0.1) is 0 Å². The second kappa shape index (κ2) is 6.83. The van der Waals surface area contributed by atoms with E-state index in [2.05, 4.69) is 25.2 Å². The highest BCUT2D eigenvalue weighted by Crippen LogP contribution is 2.15. The summed E-state index contributed by atoms with van der Waals surface area (Å²) >= 11 is 0. The molecule has 116 valence electrons. The summed E-state index contributed by atoms with van der Waals surface area (Å²) in [5, 5.41) is 9.64. The Balaban J connectivity index is 1.95. The van der Waals surface area contributed by atoms with Crippen LogP contribution in [0.3, 0.4) is 0 Å². The first-order chi connectivity index (χ1) is 10.0. The first-order valence-electron chi connectivity index (χ1n) is 6.68. The van der Waals surface area contributed by atoms with Gasteiger partial charge >= 0.3 is 0 Å². The number of hydrogen-bond donors (Lipinski definition) is 3. The van der Waals surface area contributed by atoms with E-state index in [0.717, 1.165) is 5.69 Å². The van der Waals surface area contributed by atoms with E-state index in [4.69, 9.17) is 0 Å². The molecule has 0 saturated carbocycles. The first kappa shape index (κ1) is 15.7. The number of aromatic amines is 1. The molecule has 0 radical (unpaired) electrons. The van der Waals surface area contributed by atoms with Crippen molar-refractivity contribution >= 4 is 10.0 Å². The van der Waals surface area contributed by atoms with Crippen LogP contribution in [0.4, 0.5) is 0 Å². The average Bonchev–Trinajstić information content (AvgIpc) is 3.07. The molecule has 2 aromatic rings. The Morgan fingerprint density at radius 1 is 1.43 bits per heavy atom. The zero-order valence-electron chi connectivity index (χ0n) is 12.1. The maximum absolute atomic E-state index is 12.3. The fraction of sp³-hybridized carbons (Fsp3) is 0.500. The number of nitrogens with zero attached hydrogens (tertiary/aromatic N) is 3. The Kier molecular flexibility index (Phi) is 5.10. The van der Waals surface area contributed by atoms with Gasteiger partial charge in [0, 0.05) is 43.3 Å². The highest BCUT2D eigenvalue weighted by Gasteiger charge is 2.22. The van der Waals surface area contributed by atoms with Crippen LogP contribution in [0.5, 0.6) is 0 Å². The molecule has 0 aliphatic rings. The van der Waals surface area contributed by atoms with E-state index in [1.807, 2.05) is 10.8 Å². The molecular formula is C12H20N6O2S. The molecule has 0 bridgehead atoms. The molecule has 2 rings (SSSR count). The van der Waals surface area contributed by atoms with Crippen LogP contribution in [0.1, 0.15) is 17.7 Å². The SMILES string of the molecule is CNCc1c(S(=O)(=O)NCCCn2ccnc2)n[nH]c1C. The van der Waals surface area contributed by atoms with Crippen LogP contribution in [-0.2, 0) is 23.1 Å². The zero-order chi connectivity index (χ0) is 15.3. The van der Waals surface area contributed by atoms with Crippen molar-refractivity contribution in [3.63, 3.8) is 0 Å². The summed E-state index contributed by atoms with van der Waals surface area (Å²) in [4.78, 5) is 3.94. The molecule has 0 unspecified atom stereocenters. The van der Waals surface area contributed by atoms with Crippen molar-refractivity contribution in [1.82, 2.24) is 29.8 Å². The van der Waals surface area contributed by atoms with Crippen LogP contribution in [-0.4, -0.2) is 41.8 Å². The highest BCUT2D eigenvalue weighted by atomic mass is 32.2. The summed E-state index contributed by atoms with van der Waals surface area (Å²) in [5.74, 6) is 0. The third-order valence-electron chi connectivity index (χ3n) is 3.09. The molecule has 0 atom stereocenters. The molecule has 0 amide bonds. The minimum atomic E-state index is -3.59. The van der Waals surface area contributed by atoms with Crippen molar-refractivity contribution in [2.24, 2.45) is 0 Å². The standard InChI is InChI=1S/C12H20N6O2S/c1-10-11(8-13-2)12(17-16-10)21(19,20)15-4-3-6-18-7-5-14-9-18/h5,7,9,13,15H,3-4,6,8H2,1-2H3,(H,16,17). The maximum Gasteiger partial charge on any atom is 0.260 e. The number of aromatic nitrogens is 4. The van der Waals surface area contributed by atoms with Crippen molar-refractivity contribution in [3.8, 4) is 0 Å². The summed E-state index contributed by atoms with van der Waals surface area (Å²) in [5.41, 5.74) is 1.42. The minimum absolute atomic E-state index is 0.0666. The van der Waals surface area contributed by atoms with Gasteiger partial charge in [0.05, 0.1) is 6.33 Å². The molecule has 2 aromatic heterocycles. The molecule has 21 heavy (non-hydrogen) atoms. The van der Waals surface area contributed by atoms with E-state index in [9.17, 15) is 8.42 Å². The van der Waals surface area contributed by atoms with Crippen LogP contribution >= 0.6 is 0 Å². The lowest BCUT2D eigenvalue weighted by molar-refractivity contribution is 0.564. The number of sulfonamides is 1. The fourth-order valence-corrected chi connectivity index (χ4v) is 3.26. The lowest BCUT2D eigenvalue weighted by Crippen LogP contribution is -2.27. The van der Waals surface area contributed by atoms with Crippen molar-refractivity contribution < 1.29 is 8.42 Å². The molecule has 3 N–H and O–H groups in total. The Bertz CT molecular complexity index is 662. The van der Waals surface area contributed by atoms with E-state index < -0.39 is 10.0 Å². The first-order valence-corrected chi connectivity index (χ1v) is 8.16. The van der Waals surface area contributed by atoms with Crippen LogP contribution in [0.25, 0.3) is 0 Å². The van der Waals surface area contributed by atoms with Gasteiger partial charge < -0.3 is 9.88 Å². The maximum atomic E-state index is 12.3. The van der Waals surface area contributed by atoms with Gasteiger partial charge in [0.1, 0.15) is 0 Å². The zero-order valence-corrected chi connectivity index (χ0v) is 12.9. The predicted molar refractivity (Wildman–Crippen MR) is 78.1 cm³/mol. The Morgan fingerprint density at radius 2 is 2.24 bits per heavy atom. The molecule has 9 heteroatoms. The quantitative estimate of drug-likeness (QED) is 0.595. The molecule has 0 aromatic carbocycles. The van der Waals surface area contributed by atoms with Crippen LogP contribution in [0.2, 0.25) is 0 Å². The van der Waals surface area contributed by atoms with Crippen molar-refractivity contribution in [1.29, 1.82) is 0 Å². The van der Waals surface area contributed by atoms with Gasteiger partial charge in [-0.05, 0) is 20.4 Å². The molecular weight excluding hydrogens is 292 g/mol. The summed E-state index contributed by atoms with van der Waals surface area (Å²) in [6, 6.07) is 0. The number of H-pyrrole nitrogens is 1. The van der Waals surface area contributed by atoms with E-state index >= 15 is 0 Å². The molecule has 0 aliphatic carbocycles. The van der Waals surface area contributed by atoms with Crippen LogP contribution in [0, 0.1) is 6.92 Å². The van der Waals surface area contributed by atoms with Crippen molar-refractivity contribution in [3.05, 3.63) is 30.0 Å². The number of aryl methyl sites for hydroxylation is 2. The lowest BCUT2D eigenvalue weighted by Gasteiger charge is -2.07. The molecule has 0 aliphatic heterocycles. The van der Waals surface area contributed by atoms with Crippen LogP contribution in [0.15, 0.2) is 23.7 Å². The Labute approximate surface area is 124 Å². The molecule has 0 spiro atoms. The molecule has 8 nitrogen and oxygen atoms in total. The summed E-state index contributed by atoms with van der Waals surface area (Å²) in [6.45, 7) is 3.32. The third-order valence-corrected chi connectivity index (χ3v) is 4.52. The Morgan fingerprint density at radius 3 is 2.90 bits per heavy atom. The van der Waals surface area contributed by atoms with Gasteiger partial charge in [0.15, 0.2) is 5.03 Å². The highest BCUT2D eigenvalue weighted by molar-refractivity contribution is 7.89. The molecule has 2 heterocycles. The van der Waals surface area contributed by atoms with Crippen molar-refractivity contribution in [2.75, 3.05) is 13.6 Å². The van der Waals surface area contributed by atoms with E-state index in [-0.39, 0.29) is 5.03 Å². The number of hydrogen-bond acceptors (Lipinski definition) is 5. The van der Waals surface area contributed by atoms with Gasteiger partial charge in [0.25, 0.3) is 10.0 Å². The average molecular weight is 312 g/mol. The van der Waals surface area contributed by atoms with E-state index in [1.54, 1.807) is 26.5 Å². The number of nitrogens with one attached hydrogen (secondary N) is 3. The predicted octanol–water partition coefficient (Wildman–Crippen LogP) is 0.00262. The van der Waals surface area contributed by atoms with Gasteiger partial charge in [-0.25, -0.2) is 18.1 Å². The van der Waals surface area contributed by atoms with E-state index in [0.29, 0.717) is 31.6 Å². The Hall–Kier alpha value is -1.71. The van der Waals surface area contributed by atoms with Crippen LogP contribution < -0.4 is 10.0 Å². The van der Waals surface area contributed by atoms with Gasteiger partial charge in [-0.1, -0.05) is 0 Å². The third kappa shape index (κ3) is 3.90. The number of imidazole rings is 1. The fourth-order valence-electron chi connectivity index (χ4n) is 1.99. The monoisotopic (exact) mass is 312 g/mol. The van der Waals surface area contributed by atoms with E-state index in [1.165, 1.54) is 0 Å². The molecule has 0 saturated heterocycles. The van der Waals surface area contributed by atoms with Gasteiger partial charge in [-0.3, -0.25) is 5.10 Å². The smallest absolute Gasteiger partial charge is 0.260 e. The summed E-state index contributed by atoms with van der Waals surface area (Å²) in [7, 11) is -1.83. The second-order valence-corrected chi connectivity index (χ2v) is 6.40. The minimum Gasteiger partial charge on any atom is -0.337 e. The summed E-state index contributed by atoms with van der Waals surface area (Å²) < 4.78 is 29.0. The van der Waals surface area contributed by atoms with Gasteiger partial charge in [-0.2, -0.15) is 5.10 Å². The lowest BCUT2D eigenvalue weighted by atomic mass is 10.3.